The minimum Gasteiger partial charge on any atom is -0.381 e. The van der Waals surface area contributed by atoms with E-state index in [0.29, 0.717) is 13.2 Å². The lowest BCUT2D eigenvalue weighted by Crippen LogP contribution is -2.33. The molecule has 1 fully saturated rings. The fourth-order valence-corrected chi connectivity index (χ4v) is 2.48. The molecule has 20 heavy (non-hydrogen) atoms. The Morgan fingerprint density at radius 1 is 1.40 bits per heavy atom. The van der Waals surface area contributed by atoms with E-state index in [4.69, 9.17) is 4.74 Å². The predicted molar refractivity (Wildman–Crippen MR) is 74.4 cm³/mol. The minimum absolute atomic E-state index is 0.0256. The first-order chi connectivity index (χ1) is 9.63. The van der Waals surface area contributed by atoms with Crippen LogP contribution in [-0.4, -0.2) is 29.1 Å². The van der Waals surface area contributed by atoms with Crippen LogP contribution < -0.4 is 11.0 Å². The summed E-state index contributed by atoms with van der Waals surface area (Å²) in [5.74, 6) is -0.0223. The number of H-pyrrole nitrogens is 2. The molecule has 1 aliphatic heterocycles. The van der Waals surface area contributed by atoms with E-state index in [-0.39, 0.29) is 23.6 Å². The predicted octanol–water partition coefficient (Wildman–Crippen LogP) is 1.07. The molecule has 0 spiro atoms. The first-order valence-electron chi connectivity index (χ1n) is 6.73. The number of nitrogens with one attached hydrogen (secondary N) is 3. The van der Waals surface area contributed by atoms with Gasteiger partial charge in [0.15, 0.2) is 0 Å². The summed E-state index contributed by atoms with van der Waals surface area (Å²) in [5, 5.41) is 2.99. The molecule has 1 amide bonds. The lowest BCUT2D eigenvalue weighted by Gasteiger charge is -2.16. The molecule has 1 saturated heterocycles. The van der Waals surface area contributed by atoms with Gasteiger partial charge in [0.25, 0.3) is 0 Å². The molecule has 2 heterocycles. The Kier molecular flexibility index (Phi) is 3.31. The second-order valence-electron chi connectivity index (χ2n) is 5.17. The second-order valence-corrected chi connectivity index (χ2v) is 5.17. The Balaban J connectivity index is 1.75. The molecular weight excluding hydrogens is 258 g/mol. The van der Waals surface area contributed by atoms with Crippen LogP contribution in [0.1, 0.15) is 24.9 Å². The number of hydrogen-bond acceptors (Lipinski definition) is 3. The van der Waals surface area contributed by atoms with Gasteiger partial charge in [0.1, 0.15) is 0 Å². The molecule has 3 rings (SSSR count). The van der Waals surface area contributed by atoms with Crippen LogP contribution >= 0.6 is 0 Å². The number of aromatic amines is 2. The standard InChI is InChI=1S/C14H17N3O3/c1-8(15-13(18)10-4-5-20-7-10)9-2-3-11-12(6-9)17-14(19)16-11/h2-3,6,8,10H,4-5,7H2,1H3,(H,15,18)(H2,16,17,19). The molecule has 0 radical (unpaired) electrons. The fraction of sp³-hybridized carbons (Fsp3) is 0.429. The van der Waals surface area contributed by atoms with Gasteiger partial charge in [0, 0.05) is 6.61 Å². The molecule has 0 bridgehead atoms. The summed E-state index contributed by atoms with van der Waals surface area (Å²) < 4.78 is 5.22. The maximum absolute atomic E-state index is 12.0. The highest BCUT2D eigenvalue weighted by Gasteiger charge is 2.24. The van der Waals surface area contributed by atoms with Crippen molar-refractivity contribution in [1.29, 1.82) is 0 Å². The van der Waals surface area contributed by atoms with Gasteiger partial charge in [-0.2, -0.15) is 0 Å². The maximum atomic E-state index is 12.0. The molecular formula is C14H17N3O3. The number of carbonyl (C=O) groups excluding carboxylic acids is 1. The van der Waals surface area contributed by atoms with Crippen molar-refractivity contribution in [3.63, 3.8) is 0 Å². The molecule has 2 atom stereocenters. The summed E-state index contributed by atoms with van der Waals surface area (Å²) in [6.07, 6.45) is 0.780. The molecule has 106 valence electrons. The molecule has 6 nitrogen and oxygen atoms in total. The summed E-state index contributed by atoms with van der Waals surface area (Å²) in [6.45, 7) is 3.09. The van der Waals surface area contributed by atoms with Crippen LogP contribution in [0.4, 0.5) is 0 Å². The number of rotatable bonds is 3. The van der Waals surface area contributed by atoms with E-state index in [0.717, 1.165) is 23.0 Å². The molecule has 3 N–H and O–H groups in total. The summed E-state index contributed by atoms with van der Waals surface area (Å²) in [4.78, 5) is 28.7. The Hall–Kier alpha value is -2.08. The minimum atomic E-state index is -0.225. The first kappa shape index (κ1) is 12.9. The van der Waals surface area contributed by atoms with Crippen LogP contribution in [0, 0.1) is 5.92 Å². The molecule has 1 aromatic heterocycles. The highest BCUT2D eigenvalue weighted by atomic mass is 16.5. The highest BCUT2D eigenvalue weighted by molar-refractivity contribution is 5.80. The zero-order valence-electron chi connectivity index (χ0n) is 11.2. The summed E-state index contributed by atoms with van der Waals surface area (Å²) in [7, 11) is 0. The van der Waals surface area contributed by atoms with Gasteiger partial charge in [-0.15, -0.1) is 0 Å². The molecule has 0 aliphatic carbocycles. The third-order valence-corrected chi connectivity index (χ3v) is 3.70. The van der Waals surface area contributed by atoms with Crippen molar-refractivity contribution in [1.82, 2.24) is 15.3 Å². The molecule has 1 aromatic carbocycles. The van der Waals surface area contributed by atoms with Crippen LogP contribution in [-0.2, 0) is 9.53 Å². The van der Waals surface area contributed by atoms with Gasteiger partial charge in [-0.05, 0) is 31.0 Å². The highest BCUT2D eigenvalue weighted by Crippen LogP contribution is 2.19. The lowest BCUT2D eigenvalue weighted by atomic mass is 10.0. The number of amides is 1. The van der Waals surface area contributed by atoms with Crippen molar-refractivity contribution in [3.8, 4) is 0 Å². The number of benzene rings is 1. The van der Waals surface area contributed by atoms with Crippen molar-refractivity contribution >= 4 is 16.9 Å². The number of imidazole rings is 1. The van der Waals surface area contributed by atoms with Crippen molar-refractivity contribution in [3.05, 3.63) is 34.2 Å². The third-order valence-electron chi connectivity index (χ3n) is 3.70. The van der Waals surface area contributed by atoms with Crippen LogP contribution in [0.25, 0.3) is 11.0 Å². The quantitative estimate of drug-likeness (QED) is 0.783. The lowest BCUT2D eigenvalue weighted by molar-refractivity contribution is -0.125. The summed E-state index contributed by atoms with van der Waals surface area (Å²) in [5.41, 5.74) is 2.25. The van der Waals surface area contributed by atoms with Crippen molar-refractivity contribution < 1.29 is 9.53 Å². The monoisotopic (exact) mass is 275 g/mol. The van der Waals surface area contributed by atoms with Crippen LogP contribution in [0.2, 0.25) is 0 Å². The summed E-state index contributed by atoms with van der Waals surface area (Å²) in [6, 6.07) is 5.51. The Morgan fingerprint density at radius 3 is 2.95 bits per heavy atom. The van der Waals surface area contributed by atoms with Crippen LogP contribution in [0.15, 0.2) is 23.0 Å². The summed E-state index contributed by atoms with van der Waals surface area (Å²) >= 11 is 0. The normalized spacial score (nSPS) is 20.1. The molecule has 2 aromatic rings. The number of aromatic nitrogens is 2. The van der Waals surface area contributed by atoms with E-state index in [1.807, 2.05) is 25.1 Å². The van der Waals surface area contributed by atoms with Gasteiger partial charge < -0.3 is 20.0 Å². The molecule has 6 heteroatoms. The molecule has 2 unspecified atom stereocenters. The Morgan fingerprint density at radius 2 is 2.20 bits per heavy atom. The number of hydrogen-bond donors (Lipinski definition) is 3. The number of carbonyl (C=O) groups is 1. The smallest absolute Gasteiger partial charge is 0.323 e. The fourth-order valence-electron chi connectivity index (χ4n) is 2.48. The molecule has 0 saturated carbocycles. The Labute approximate surface area is 115 Å². The SMILES string of the molecule is CC(NC(=O)C1CCOC1)c1ccc2[nH]c(=O)[nH]c2c1. The largest absolute Gasteiger partial charge is 0.381 e. The average molecular weight is 275 g/mol. The zero-order valence-corrected chi connectivity index (χ0v) is 11.2. The Bertz CT molecular complexity index is 682. The van der Waals surface area contributed by atoms with Crippen molar-refractivity contribution in [2.75, 3.05) is 13.2 Å². The van der Waals surface area contributed by atoms with Crippen molar-refractivity contribution in [2.45, 2.75) is 19.4 Å². The van der Waals surface area contributed by atoms with Gasteiger partial charge in [-0.25, -0.2) is 4.79 Å². The van der Waals surface area contributed by atoms with Crippen molar-refractivity contribution in [2.24, 2.45) is 5.92 Å². The topological polar surface area (TPSA) is 87.0 Å². The third kappa shape index (κ3) is 2.46. The van der Waals surface area contributed by atoms with E-state index in [1.54, 1.807) is 0 Å². The van der Waals surface area contributed by atoms with Gasteiger partial charge >= 0.3 is 5.69 Å². The van der Waals surface area contributed by atoms with E-state index >= 15 is 0 Å². The number of ether oxygens (including phenoxy) is 1. The van der Waals surface area contributed by atoms with Crippen LogP contribution in [0.3, 0.4) is 0 Å². The van der Waals surface area contributed by atoms with E-state index in [9.17, 15) is 9.59 Å². The number of fused-ring (bicyclic) bond motifs is 1. The van der Waals surface area contributed by atoms with E-state index in [1.165, 1.54) is 0 Å². The maximum Gasteiger partial charge on any atom is 0.323 e. The first-order valence-corrected chi connectivity index (χ1v) is 6.73. The average Bonchev–Trinajstić information content (AvgIpc) is 3.05. The molecule has 1 aliphatic rings. The van der Waals surface area contributed by atoms with Gasteiger partial charge in [0.05, 0.1) is 29.6 Å². The van der Waals surface area contributed by atoms with E-state index < -0.39 is 0 Å². The van der Waals surface area contributed by atoms with Gasteiger partial charge in [-0.3, -0.25) is 4.79 Å². The van der Waals surface area contributed by atoms with Crippen LogP contribution in [0.5, 0.6) is 0 Å². The second kappa shape index (κ2) is 5.13. The zero-order chi connectivity index (χ0) is 14.1. The van der Waals surface area contributed by atoms with E-state index in [2.05, 4.69) is 15.3 Å². The van der Waals surface area contributed by atoms with Gasteiger partial charge in [0.2, 0.25) is 5.91 Å². The van der Waals surface area contributed by atoms with Gasteiger partial charge in [-0.1, -0.05) is 6.07 Å².